The van der Waals surface area contributed by atoms with Gasteiger partial charge in [0.15, 0.2) is 11.5 Å². The van der Waals surface area contributed by atoms with E-state index in [0.29, 0.717) is 17.7 Å². The molecule has 2 aromatic heterocycles. The lowest BCUT2D eigenvalue weighted by Gasteiger charge is -2.16. The summed E-state index contributed by atoms with van der Waals surface area (Å²) in [5, 5.41) is 11.9. The summed E-state index contributed by atoms with van der Waals surface area (Å²) >= 11 is 1.54. The molecular weight excluding hydrogens is 404 g/mol. The van der Waals surface area contributed by atoms with E-state index in [4.69, 9.17) is 9.26 Å². The minimum Gasteiger partial charge on any atom is -0.461 e. The van der Waals surface area contributed by atoms with Gasteiger partial charge in [-0.25, -0.2) is 9.48 Å². The number of benzene rings is 1. The van der Waals surface area contributed by atoms with Gasteiger partial charge in [0.25, 0.3) is 0 Å². The molecule has 0 radical (unpaired) electrons. The summed E-state index contributed by atoms with van der Waals surface area (Å²) < 4.78 is 12.2. The molecule has 4 rings (SSSR count). The molecule has 0 aliphatic heterocycles. The summed E-state index contributed by atoms with van der Waals surface area (Å²) in [5.41, 5.74) is 2.45. The number of aromatic nitrogens is 4. The van der Waals surface area contributed by atoms with Crippen molar-refractivity contribution >= 4 is 23.5 Å². The Balaban J connectivity index is 1.84. The van der Waals surface area contributed by atoms with Crippen LogP contribution in [0.15, 0.2) is 33.9 Å². The van der Waals surface area contributed by atoms with Gasteiger partial charge >= 0.3 is 5.97 Å². The molecule has 0 spiro atoms. The fourth-order valence-electron chi connectivity index (χ4n) is 3.54. The van der Waals surface area contributed by atoms with E-state index in [0.717, 1.165) is 29.0 Å². The molecule has 0 unspecified atom stereocenters. The number of rotatable bonds is 8. The van der Waals surface area contributed by atoms with Gasteiger partial charge in [0, 0.05) is 16.4 Å². The van der Waals surface area contributed by atoms with Crippen molar-refractivity contribution in [1.29, 1.82) is 0 Å². The first-order chi connectivity index (χ1) is 14.6. The summed E-state index contributed by atoms with van der Waals surface area (Å²) in [6, 6.07) is 3.62. The number of nitrogens with zero attached hydrogens (tertiary/aromatic N) is 4. The average molecular weight is 426 g/mol. The number of carbonyl (C=O) groups is 2. The van der Waals surface area contributed by atoms with Gasteiger partial charge in [0.05, 0.1) is 24.7 Å². The van der Waals surface area contributed by atoms with E-state index in [9.17, 15) is 9.59 Å². The van der Waals surface area contributed by atoms with Crippen molar-refractivity contribution < 1.29 is 18.8 Å². The van der Waals surface area contributed by atoms with Gasteiger partial charge in [-0.05, 0) is 50.1 Å². The third-order valence-electron chi connectivity index (χ3n) is 5.07. The molecule has 0 atom stereocenters. The topological polar surface area (TPSA) is 100 Å². The Morgan fingerprint density at radius 1 is 1.30 bits per heavy atom. The first-order valence-corrected chi connectivity index (χ1v) is 11.1. The van der Waals surface area contributed by atoms with Gasteiger partial charge < -0.3 is 9.26 Å². The van der Waals surface area contributed by atoms with Gasteiger partial charge in [-0.2, -0.15) is 0 Å². The zero-order valence-electron chi connectivity index (χ0n) is 17.0. The number of esters is 1. The van der Waals surface area contributed by atoms with Crippen molar-refractivity contribution in [3.8, 4) is 5.69 Å². The fraction of sp³-hybridized carbons (Fsp3) is 0.381. The highest BCUT2D eigenvalue weighted by Crippen LogP contribution is 2.43. The highest BCUT2D eigenvalue weighted by atomic mass is 32.2. The lowest BCUT2D eigenvalue weighted by atomic mass is 9.94. The molecule has 1 saturated carbocycles. The maximum absolute atomic E-state index is 13.7. The molecule has 1 aromatic carbocycles. The highest BCUT2D eigenvalue weighted by molar-refractivity contribution is 7.98. The third-order valence-corrected chi connectivity index (χ3v) is 5.94. The molecule has 0 saturated heterocycles. The van der Waals surface area contributed by atoms with Crippen molar-refractivity contribution in [3.63, 3.8) is 0 Å². The van der Waals surface area contributed by atoms with E-state index in [1.54, 1.807) is 41.8 Å². The van der Waals surface area contributed by atoms with E-state index >= 15 is 0 Å². The van der Waals surface area contributed by atoms with Gasteiger partial charge in [-0.1, -0.05) is 17.3 Å². The molecule has 0 N–H and O–H groups in total. The summed E-state index contributed by atoms with van der Waals surface area (Å²) in [4.78, 5) is 27.0. The van der Waals surface area contributed by atoms with Crippen LogP contribution in [0.25, 0.3) is 5.69 Å². The third kappa shape index (κ3) is 3.54. The van der Waals surface area contributed by atoms with Crippen molar-refractivity contribution in [2.45, 2.75) is 43.9 Å². The molecule has 1 aliphatic carbocycles. The zero-order valence-corrected chi connectivity index (χ0v) is 17.9. The van der Waals surface area contributed by atoms with Crippen LogP contribution in [-0.2, 0) is 11.2 Å². The van der Waals surface area contributed by atoms with Crippen LogP contribution >= 0.6 is 11.8 Å². The van der Waals surface area contributed by atoms with Gasteiger partial charge in [0.2, 0.25) is 5.69 Å². The second kappa shape index (κ2) is 8.43. The normalized spacial score (nSPS) is 13.4. The monoisotopic (exact) mass is 426 g/mol. The highest BCUT2D eigenvalue weighted by Gasteiger charge is 2.38. The molecular formula is C21H22N4O4S. The van der Waals surface area contributed by atoms with Crippen LogP contribution in [0, 0.1) is 0 Å². The van der Waals surface area contributed by atoms with E-state index in [-0.39, 0.29) is 29.6 Å². The minimum atomic E-state index is -0.640. The van der Waals surface area contributed by atoms with E-state index in [1.807, 2.05) is 19.2 Å². The molecule has 1 fully saturated rings. The largest absolute Gasteiger partial charge is 0.461 e. The molecule has 30 heavy (non-hydrogen) atoms. The first-order valence-electron chi connectivity index (χ1n) is 9.88. The quantitative estimate of drug-likeness (QED) is 0.304. The SMILES string of the molecule is CCOC(=O)c1noc(C2CC2)c1C(=O)c1ccc(-n2ccnn2)c(SC)c1CC. The predicted octanol–water partition coefficient (Wildman–Crippen LogP) is 3.82. The lowest BCUT2D eigenvalue weighted by Crippen LogP contribution is -2.15. The average Bonchev–Trinajstić information content (AvgIpc) is 3.27. The summed E-state index contributed by atoms with van der Waals surface area (Å²) in [6.45, 7) is 3.91. The van der Waals surface area contributed by atoms with Crippen LogP contribution in [0.4, 0.5) is 0 Å². The van der Waals surface area contributed by atoms with E-state index in [2.05, 4.69) is 15.5 Å². The Morgan fingerprint density at radius 2 is 2.10 bits per heavy atom. The van der Waals surface area contributed by atoms with Crippen LogP contribution in [0.2, 0.25) is 0 Å². The maximum Gasteiger partial charge on any atom is 0.361 e. The van der Waals surface area contributed by atoms with E-state index < -0.39 is 5.97 Å². The second-order valence-corrected chi connectivity index (χ2v) is 7.76. The Morgan fingerprint density at radius 3 is 2.70 bits per heavy atom. The predicted molar refractivity (Wildman–Crippen MR) is 110 cm³/mol. The summed E-state index contributed by atoms with van der Waals surface area (Å²) in [5.74, 6) is -0.298. The Hall–Kier alpha value is -2.94. The number of ketones is 1. The van der Waals surface area contributed by atoms with Crippen molar-refractivity contribution in [1.82, 2.24) is 20.2 Å². The molecule has 156 valence electrons. The van der Waals surface area contributed by atoms with Gasteiger partial charge in [0.1, 0.15) is 5.56 Å². The number of carbonyl (C=O) groups excluding carboxylic acids is 2. The Bertz CT molecular complexity index is 1090. The Labute approximate surface area is 178 Å². The van der Waals surface area contributed by atoms with Gasteiger partial charge in [-0.15, -0.1) is 16.9 Å². The zero-order chi connectivity index (χ0) is 21.3. The number of hydrogen-bond donors (Lipinski definition) is 0. The van der Waals surface area contributed by atoms with Crippen molar-refractivity contribution in [2.24, 2.45) is 0 Å². The smallest absolute Gasteiger partial charge is 0.361 e. The summed E-state index contributed by atoms with van der Waals surface area (Å²) in [6.07, 6.45) is 7.81. The van der Waals surface area contributed by atoms with Crippen LogP contribution in [-0.4, -0.2) is 44.8 Å². The summed E-state index contributed by atoms with van der Waals surface area (Å²) in [7, 11) is 0. The first kappa shape index (κ1) is 20.3. The molecule has 1 aliphatic rings. The van der Waals surface area contributed by atoms with Crippen molar-refractivity contribution in [3.05, 3.63) is 52.7 Å². The van der Waals surface area contributed by atoms with E-state index in [1.165, 1.54) is 0 Å². The molecule has 3 aromatic rings. The number of thioether (sulfide) groups is 1. The second-order valence-electron chi connectivity index (χ2n) is 6.94. The standard InChI is InChI=1S/C21H22N4O4S/c1-4-13-14(8-9-15(20(13)30-3)25-11-10-22-24-25)18(26)16-17(21(27)28-5-2)23-29-19(16)12-6-7-12/h8-12H,4-7H2,1-3H3. The molecule has 2 heterocycles. The maximum atomic E-state index is 13.7. The Kier molecular flexibility index (Phi) is 5.72. The van der Waals surface area contributed by atoms with Crippen LogP contribution < -0.4 is 0 Å². The van der Waals surface area contributed by atoms with Crippen LogP contribution in [0.3, 0.4) is 0 Å². The number of ether oxygens (including phenoxy) is 1. The molecule has 0 bridgehead atoms. The molecule has 8 nitrogen and oxygen atoms in total. The number of hydrogen-bond acceptors (Lipinski definition) is 8. The lowest BCUT2D eigenvalue weighted by molar-refractivity contribution is 0.0512. The van der Waals surface area contributed by atoms with Crippen molar-refractivity contribution in [2.75, 3.05) is 12.9 Å². The fourth-order valence-corrected chi connectivity index (χ4v) is 4.42. The van der Waals surface area contributed by atoms with Crippen LogP contribution in [0.5, 0.6) is 0 Å². The minimum absolute atomic E-state index is 0.0446. The van der Waals surface area contributed by atoms with Crippen LogP contribution in [0.1, 0.15) is 70.3 Å². The van der Waals surface area contributed by atoms with Gasteiger partial charge in [-0.3, -0.25) is 4.79 Å². The molecule has 0 amide bonds. The molecule has 9 heteroatoms.